The van der Waals surface area contributed by atoms with E-state index >= 15 is 0 Å². The molecule has 0 amide bonds. The lowest BCUT2D eigenvalue weighted by atomic mass is 10.0. The van der Waals surface area contributed by atoms with Crippen LogP contribution < -0.4 is 4.74 Å². The molecule has 1 aromatic carbocycles. The average Bonchev–Trinajstić information content (AvgIpc) is 2.15. The minimum Gasteiger partial charge on any atom is -0.434 e. The summed E-state index contributed by atoms with van der Waals surface area (Å²) in [7, 11) is 0. The predicted octanol–water partition coefficient (Wildman–Crippen LogP) is 2.96. The molecule has 0 heterocycles. The van der Waals surface area contributed by atoms with Gasteiger partial charge in [-0.05, 0) is 19.1 Å². The molecular formula is C10H7ClF2O3. The molecule has 86 valence electrons. The molecule has 16 heavy (non-hydrogen) atoms. The maximum atomic E-state index is 12.0. The van der Waals surface area contributed by atoms with Crippen LogP contribution in [0.25, 0.3) is 0 Å². The summed E-state index contributed by atoms with van der Waals surface area (Å²) in [6.07, 6.45) is 0.283. The average molecular weight is 249 g/mol. The van der Waals surface area contributed by atoms with Crippen LogP contribution in [0.5, 0.6) is 5.75 Å². The molecule has 0 saturated carbocycles. The third kappa shape index (κ3) is 2.76. The zero-order valence-corrected chi connectivity index (χ0v) is 8.92. The van der Waals surface area contributed by atoms with E-state index in [-0.39, 0.29) is 22.4 Å². The molecule has 0 aliphatic heterocycles. The highest BCUT2D eigenvalue weighted by Crippen LogP contribution is 2.27. The summed E-state index contributed by atoms with van der Waals surface area (Å²) < 4.78 is 28.2. The van der Waals surface area contributed by atoms with E-state index in [4.69, 9.17) is 11.6 Å². The minimum absolute atomic E-state index is 0.0434. The zero-order valence-electron chi connectivity index (χ0n) is 8.17. The Morgan fingerprint density at radius 2 is 2.12 bits per heavy atom. The first-order chi connectivity index (χ1) is 7.45. The molecule has 0 aliphatic rings. The van der Waals surface area contributed by atoms with Crippen molar-refractivity contribution in [2.45, 2.75) is 13.5 Å². The topological polar surface area (TPSA) is 43.4 Å². The Hall–Kier alpha value is -1.49. The number of alkyl halides is 2. The number of ether oxygens (including phenoxy) is 1. The van der Waals surface area contributed by atoms with Gasteiger partial charge in [-0.25, -0.2) is 0 Å². The van der Waals surface area contributed by atoms with Crippen LogP contribution in [-0.2, 0) is 0 Å². The van der Waals surface area contributed by atoms with Crippen LogP contribution in [-0.4, -0.2) is 18.7 Å². The van der Waals surface area contributed by atoms with Gasteiger partial charge in [-0.3, -0.25) is 9.59 Å². The van der Waals surface area contributed by atoms with E-state index in [0.717, 1.165) is 6.07 Å². The highest BCUT2D eigenvalue weighted by Gasteiger charge is 2.17. The van der Waals surface area contributed by atoms with Gasteiger partial charge in [0, 0.05) is 10.6 Å². The van der Waals surface area contributed by atoms with Gasteiger partial charge in [0.2, 0.25) is 0 Å². The summed E-state index contributed by atoms with van der Waals surface area (Å²) in [5.74, 6) is -0.855. The lowest BCUT2D eigenvalue weighted by Crippen LogP contribution is -2.08. The lowest BCUT2D eigenvalue weighted by Gasteiger charge is -2.10. The van der Waals surface area contributed by atoms with E-state index in [1.165, 1.54) is 13.0 Å². The van der Waals surface area contributed by atoms with Gasteiger partial charge in [-0.1, -0.05) is 11.6 Å². The number of benzene rings is 1. The largest absolute Gasteiger partial charge is 0.434 e. The minimum atomic E-state index is -3.09. The molecule has 0 unspecified atom stereocenters. The first-order valence-electron chi connectivity index (χ1n) is 4.20. The van der Waals surface area contributed by atoms with Crippen molar-refractivity contribution in [3.63, 3.8) is 0 Å². The van der Waals surface area contributed by atoms with Gasteiger partial charge in [0.25, 0.3) is 0 Å². The number of halogens is 3. The molecule has 1 aromatic rings. The molecule has 0 aliphatic carbocycles. The normalized spacial score (nSPS) is 10.3. The molecular weight excluding hydrogens is 242 g/mol. The Balaban J connectivity index is 3.35. The number of hydrogen-bond acceptors (Lipinski definition) is 3. The SMILES string of the molecule is CC(=O)c1cc(Cl)cc(OC(F)F)c1C=O. The molecule has 0 aromatic heterocycles. The fourth-order valence-corrected chi connectivity index (χ4v) is 1.41. The number of hydrogen-bond donors (Lipinski definition) is 0. The molecule has 0 spiro atoms. The van der Waals surface area contributed by atoms with Crippen molar-refractivity contribution in [2.75, 3.05) is 0 Å². The van der Waals surface area contributed by atoms with Crippen molar-refractivity contribution in [1.29, 1.82) is 0 Å². The van der Waals surface area contributed by atoms with E-state index < -0.39 is 18.1 Å². The van der Waals surface area contributed by atoms with Crippen LogP contribution >= 0.6 is 11.6 Å². The summed E-state index contributed by atoms with van der Waals surface area (Å²) in [6, 6.07) is 2.29. The summed E-state index contributed by atoms with van der Waals surface area (Å²) in [5.41, 5.74) is -0.268. The van der Waals surface area contributed by atoms with E-state index in [9.17, 15) is 18.4 Å². The maximum absolute atomic E-state index is 12.0. The third-order valence-corrected chi connectivity index (χ3v) is 2.04. The van der Waals surface area contributed by atoms with E-state index in [2.05, 4.69) is 4.74 Å². The standard InChI is InChI=1S/C10H7ClF2O3/c1-5(15)7-2-6(11)3-9(8(7)4-14)16-10(12)13/h2-4,10H,1H3. The molecule has 0 bridgehead atoms. The second kappa shape index (κ2) is 5.03. The molecule has 0 N–H and O–H groups in total. The Morgan fingerprint density at radius 1 is 1.50 bits per heavy atom. The maximum Gasteiger partial charge on any atom is 0.387 e. The fourth-order valence-electron chi connectivity index (χ4n) is 1.20. The van der Waals surface area contributed by atoms with Crippen LogP contribution in [0.15, 0.2) is 12.1 Å². The van der Waals surface area contributed by atoms with Crippen molar-refractivity contribution >= 4 is 23.7 Å². The number of aldehydes is 1. The molecule has 6 heteroatoms. The van der Waals surface area contributed by atoms with Gasteiger partial charge in [0.15, 0.2) is 12.1 Å². The van der Waals surface area contributed by atoms with Gasteiger partial charge >= 0.3 is 6.61 Å². The molecule has 0 radical (unpaired) electrons. The number of rotatable bonds is 4. The number of Topliss-reactive ketones (excluding diaryl/α,β-unsaturated/α-hetero) is 1. The molecule has 0 atom stereocenters. The monoisotopic (exact) mass is 248 g/mol. The van der Waals surface area contributed by atoms with E-state index in [1.54, 1.807) is 0 Å². The highest BCUT2D eigenvalue weighted by molar-refractivity contribution is 6.31. The van der Waals surface area contributed by atoms with Crippen LogP contribution in [0.3, 0.4) is 0 Å². The quantitative estimate of drug-likeness (QED) is 0.608. The highest BCUT2D eigenvalue weighted by atomic mass is 35.5. The second-order valence-corrected chi connectivity index (χ2v) is 3.35. The van der Waals surface area contributed by atoms with Gasteiger partial charge in [0.1, 0.15) is 5.75 Å². The first kappa shape index (κ1) is 12.6. The van der Waals surface area contributed by atoms with Crippen LogP contribution in [0.4, 0.5) is 8.78 Å². The number of carbonyl (C=O) groups is 2. The Labute approximate surface area is 95.0 Å². The molecule has 0 saturated heterocycles. The van der Waals surface area contributed by atoms with Gasteiger partial charge in [-0.2, -0.15) is 8.78 Å². The van der Waals surface area contributed by atoms with Gasteiger partial charge < -0.3 is 4.74 Å². The Bertz CT molecular complexity index is 432. The molecule has 1 rings (SSSR count). The van der Waals surface area contributed by atoms with E-state index in [1.807, 2.05) is 0 Å². The Kier molecular flexibility index (Phi) is 3.95. The van der Waals surface area contributed by atoms with Crippen LogP contribution in [0, 0.1) is 0 Å². The predicted molar refractivity (Wildman–Crippen MR) is 53.5 cm³/mol. The van der Waals surface area contributed by atoms with Gasteiger partial charge in [0.05, 0.1) is 5.56 Å². The van der Waals surface area contributed by atoms with Crippen LogP contribution in [0.2, 0.25) is 5.02 Å². The van der Waals surface area contributed by atoms with Crippen molar-refractivity contribution < 1.29 is 23.1 Å². The summed E-state index contributed by atoms with van der Waals surface area (Å²) in [4.78, 5) is 21.9. The second-order valence-electron chi connectivity index (χ2n) is 2.92. The summed E-state index contributed by atoms with van der Waals surface area (Å²) in [5, 5.41) is 0.0476. The Morgan fingerprint density at radius 3 is 2.56 bits per heavy atom. The molecule has 3 nitrogen and oxygen atoms in total. The first-order valence-corrected chi connectivity index (χ1v) is 4.58. The van der Waals surface area contributed by atoms with Crippen molar-refractivity contribution in [3.05, 3.63) is 28.3 Å². The lowest BCUT2D eigenvalue weighted by molar-refractivity contribution is -0.0501. The number of ketones is 1. The van der Waals surface area contributed by atoms with Crippen molar-refractivity contribution in [3.8, 4) is 5.75 Å². The zero-order chi connectivity index (χ0) is 12.3. The summed E-state index contributed by atoms with van der Waals surface area (Å²) in [6.45, 7) is -1.89. The van der Waals surface area contributed by atoms with E-state index in [0.29, 0.717) is 0 Å². The smallest absolute Gasteiger partial charge is 0.387 e. The third-order valence-electron chi connectivity index (χ3n) is 1.82. The summed E-state index contributed by atoms with van der Waals surface area (Å²) >= 11 is 5.61. The van der Waals surface area contributed by atoms with Crippen molar-refractivity contribution in [2.24, 2.45) is 0 Å². The van der Waals surface area contributed by atoms with Crippen molar-refractivity contribution in [1.82, 2.24) is 0 Å². The van der Waals surface area contributed by atoms with Gasteiger partial charge in [-0.15, -0.1) is 0 Å². The van der Waals surface area contributed by atoms with Crippen LogP contribution in [0.1, 0.15) is 27.6 Å². The molecule has 0 fully saturated rings. The number of carbonyl (C=O) groups excluding carboxylic acids is 2. The fraction of sp³-hybridized carbons (Fsp3) is 0.200.